The van der Waals surface area contributed by atoms with E-state index >= 15 is 0 Å². The number of hydrogen-bond acceptors (Lipinski definition) is 6. The van der Waals surface area contributed by atoms with Crippen molar-refractivity contribution in [1.82, 2.24) is 19.7 Å². The minimum atomic E-state index is -1.65. The second kappa shape index (κ2) is 6.73. The van der Waals surface area contributed by atoms with E-state index in [0.717, 1.165) is 5.52 Å². The van der Waals surface area contributed by atoms with Gasteiger partial charge in [0.15, 0.2) is 0 Å². The number of carbonyl (C=O) groups excluding carboxylic acids is 1. The van der Waals surface area contributed by atoms with Crippen LogP contribution < -0.4 is 5.73 Å². The van der Waals surface area contributed by atoms with Gasteiger partial charge in [-0.05, 0) is 24.3 Å². The zero-order chi connectivity index (χ0) is 19.9. The zero-order valence-electron chi connectivity index (χ0n) is 15.2. The molecular weight excluding hydrogens is 358 g/mol. The number of hydrogen-bond donors (Lipinski definition) is 3. The van der Waals surface area contributed by atoms with E-state index in [0.29, 0.717) is 28.9 Å². The summed E-state index contributed by atoms with van der Waals surface area (Å²) in [5.74, 6) is 5.21. The van der Waals surface area contributed by atoms with Crippen LogP contribution in [0.4, 0.5) is 0 Å². The average molecular weight is 377 g/mol. The number of aliphatic hydroxyl groups is 2. The number of likely N-dealkylation sites (N-methyl/N-ethyl adjacent to an activating group) is 1. The first-order chi connectivity index (χ1) is 13.4. The highest BCUT2D eigenvalue weighted by Crippen LogP contribution is 2.24. The van der Waals surface area contributed by atoms with Crippen LogP contribution in [0.1, 0.15) is 23.9 Å². The third-order valence-corrected chi connectivity index (χ3v) is 4.80. The molecule has 0 saturated carbocycles. The third-order valence-electron chi connectivity index (χ3n) is 4.80. The lowest BCUT2D eigenvalue weighted by molar-refractivity contribution is -0.137. The van der Waals surface area contributed by atoms with Crippen LogP contribution in [0.2, 0.25) is 0 Å². The monoisotopic (exact) mass is 377 g/mol. The fraction of sp³-hybridized carbons (Fsp3) is 0.250. The van der Waals surface area contributed by atoms with E-state index in [1.807, 2.05) is 6.07 Å². The van der Waals surface area contributed by atoms with E-state index in [2.05, 4.69) is 21.9 Å². The summed E-state index contributed by atoms with van der Waals surface area (Å²) in [5.41, 5.74) is 6.38. The highest BCUT2D eigenvalue weighted by molar-refractivity contribution is 5.90. The molecule has 1 amide bonds. The van der Waals surface area contributed by atoms with Crippen LogP contribution in [0.25, 0.3) is 16.6 Å². The maximum Gasteiger partial charge on any atom is 0.267 e. The summed E-state index contributed by atoms with van der Waals surface area (Å²) in [6.07, 6.45) is 2.29. The lowest BCUT2D eigenvalue weighted by Gasteiger charge is -2.13. The normalized spacial score (nSPS) is 20.3. The van der Waals surface area contributed by atoms with Crippen LogP contribution in [0.15, 0.2) is 42.7 Å². The molecule has 3 aromatic rings. The Labute approximate surface area is 161 Å². The van der Waals surface area contributed by atoms with Crippen LogP contribution in [-0.4, -0.2) is 55.0 Å². The summed E-state index contributed by atoms with van der Waals surface area (Å²) < 4.78 is 1.65. The molecule has 2 atom stereocenters. The molecule has 142 valence electrons. The molecule has 2 aromatic heterocycles. The van der Waals surface area contributed by atoms with Gasteiger partial charge in [-0.25, -0.2) is 4.68 Å². The number of rotatable bonds is 2. The molecule has 1 unspecified atom stereocenters. The summed E-state index contributed by atoms with van der Waals surface area (Å²) in [6, 6.07) is 9.00. The predicted molar refractivity (Wildman–Crippen MR) is 102 cm³/mol. The Balaban J connectivity index is 1.75. The Morgan fingerprint density at radius 3 is 2.89 bits per heavy atom. The number of nitrogens with two attached hydrogens (primary N) is 1. The van der Waals surface area contributed by atoms with Gasteiger partial charge in [-0.15, -0.1) is 0 Å². The van der Waals surface area contributed by atoms with Gasteiger partial charge in [0, 0.05) is 43.4 Å². The number of aromatic nitrogens is 3. The van der Waals surface area contributed by atoms with Crippen molar-refractivity contribution in [1.29, 1.82) is 0 Å². The molecule has 1 fully saturated rings. The van der Waals surface area contributed by atoms with Crippen molar-refractivity contribution in [3.05, 3.63) is 54.0 Å². The Morgan fingerprint density at radius 1 is 1.36 bits per heavy atom. The molecule has 0 aliphatic carbocycles. The zero-order valence-corrected chi connectivity index (χ0v) is 15.2. The van der Waals surface area contributed by atoms with Crippen LogP contribution in [-0.2, 0) is 4.79 Å². The lowest BCUT2D eigenvalue weighted by atomic mass is 10.0. The van der Waals surface area contributed by atoms with Crippen molar-refractivity contribution in [2.24, 2.45) is 5.73 Å². The molecule has 4 N–H and O–H groups in total. The van der Waals surface area contributed by atoms with E-state index < -0.39 is 11.8 Å². The molecular formula is C20H19N5O3. The molecule has 8 nitrogen and oxygen atoms in total. The molecule has 1 aliphatic rings. The van der Waals surface area contributed by atoms with Crippen molar-refractivity contribution in [2.45, 2.75) is 18.2 Å². The first kappa shape index (κ1) is 18.1. The number of amides is 1. The summed E-state index contributed by atoms with van der Waals surface area (Å²) in [7, 11) is 1.64. The molecule has 1 aliphatic heterocycles. The summed E-state index contributed by atoms with van der Waals surface area (Å²) in [5, 5.41) is 25.3. The molecule has 0 bridgehead atoms. The molecule has 0 spiro atoms. The second-order valence-corrected chi connectivity index (χ2v) is 6.77. The highest BCUT2D eigenvalue weighted by Gasteiger charge is 2.42. The SMILES string of the molecule is CN1CC[C@@](O)(C#Cc2cccc(-n3nc(C(N)O)c4cnccc43)c2)C1=O. The number of likely N-dealkylation sites (tertiary alicyclic amines) is 1. The molecule has 4 rings (SSSR count). The molecule has 0 radical (unpaired) electrons. The van der Waals surface area contributed by atoms with Gasteiger partial charge in [0.1, 0.15) is 11.9 Å². The fourth-order valence-corrected chi connectivity index (χ4v) is 3.26. The second-order valence-electron chi connectivity index (χ2n) is 6.77. The van der Waals surface area contributed by atoms with Gasteiger partial charge in [-0.3, -0.25) is 9.78 Å². The van der Waals surface area contributed by atoms with Gasteiger partial charge in [-0.1, -0.05) is 17.9 Å². The number of pyridine rings is 1. The standard InChI is InChI=1S/C20H19N5O3/c1-24-10-8-20(28,19(24)27)7-5-13-3-2-4-14(11-13)25-16-6-9-22-12-15(16)17(23-25)18(21)26/h2-4,6,9,11-12,18,26,28H,8,10,21H2,1H3/t18?,20-/m0/s1. The minimum absolute atomic E-state index is 0.281. The van der Waals surface area contributed by atoms with Crippen molar-refractivity contribution in [2.75, 3.05) is 13.6 Å². The number of aliphatic hydroxyl groups excluding tert-OH is 1. The van der Waals surface area contributed by atoms with E-state index in [4.69, 9.17) is 5.73 Å². The Kier molecular flexibility index (Phi) is 4.35. The Hall–Kier alpha value is -3.25. The minimum Gasteiger partial charge on any atom is -0.373 e. The summed E-state index contributed by atoms with van der Waals surface area (Å²) in [4.78, 5) is 17.6. The topological polar surface area (TPSA) is 118 Å². The van der Waals surface area contributed by atoms with Crippen LogP contribution in [0.5, 0.6) is 0 Å². The summed E-state index contributed by atoms with van der Waals surface area (Å²) >= 11 is 0. The quantitative estimate of drug-likeness (QED) is 0.437. The van der Waals surface area contributed by atoms with Gasteiger partial charge < -0.3 is 20.8 Å². The Bertz CT molecular complexity index is 1130. The molecule has 1 saturated heterocycles. The molecule has 1 aromatic carbocycles. The maximum absolute atomic E-state index is 12.1. The first-order valence-electron chi connectivity index (χ1n) is 8.77. The number of nitrogens with zero attached hydrogens (tertiary/aromatic N) is 4. The smallest absolute Gasteiger partial charge is 0.267 e. The van der Waals surface area contributed by atoms with Gasteiger partial charge in [0.05, 0.1) is 11.2 Å². The van der Waals surface area contributed by atoms with Crippen molar-refractivity contribution >= 4 is 16.8 Å². The van der Waals surface area contributed by atoms with Gasteiger partial charge >= 0.3 is 0 Å². The molecule has 8 heteroatoms. The average Bonchev–Trinajstić information content (AvgIpc) is 3.21. The number of carbonyl (C=O) groups is 1. The maximum atomic E-state index is 12.1. The molecule has 28 heavy (non-hydrogen) atoms. The van der Waals surface area contributed by atoms with E-state index in [1.54, 1.807) is 48.4 Å². The third kappa shape index (κ3) is 3.01. The van der Waals surface area contributed by atoms with Gasteiger partial charge in [-0.2, -0.15) is 5.10 Å². The number of benzene rings is 1. The van der Waals surface area contributed by atoms with Crippen molar-refractivity contribution in [3.8, 4) is 17.5 Å². The van der Waals surface area contributed by atoms with Gasteiger partial charge in [0.25, 0.3) is 5.91 Å². The van der Waals surface area contributed by atoms with Crippen molar-refractivity contribution in [3.63, 3.8) is 0 Å². The van der Waals surface area contributed by atoms with Crippen molar-refractivity contribution < 1.29 is 15.0 Å². The lowest BCUT2D eigenvalue weighted by Crippen LogP contribution is -2.37. The van der Waals surface area contributed by atoms with Crippen LogP contribution >= 0.6 is 0 Å². The van der Waals surface area contributed by atoms with Crippen LogP contribution in [0, 0.1) is 11.8 Å². The fourth-order valence-electron chi connectivity index (χ4n) is 3.26. The first-order valence-corrected chi connectivity index (χ1v) is 8.77. The van der Waals surface area contributed by atoms with Gasteiger partial charge in [0.2, 0.25) is 5.60 Å². The van der Waals surface area contributed by atoms with E-state index in [1.165, 1.54) is 4.90 Å². The molecule has 3 heterocycles. The van der Waals surface area contributed by atoms with E-state index in [-0.39, 0.29) is 12.3 Å². The number of fused-ring (bicyclic) bond motifs is 1. The predicted octanol–water partition coefficient (Wildman–Crippen LogP) is 0.315. The van der Waals surface area contributed by atoms with Crippen LogP contribution in [0.3, 0.4) is 0 Å². The largest absolute Gasteiger partial charge is 0.373 e. The highest BCUT2D eigenvalue weighted by atomic mass is 16.3. The van der Waals surface area contributed by atoms with E-state index in [9.17, 15) is 15.0 Å². The Morgan fingerprint density at radius 2 is 2.18 bits per heavy atom. The summed E-state index contributed by atoms with van der Waals surface area (Å²) in [6.45, 7) is 0.474.